The number of hydrogen-bond acceptors (Lipinski definition) is 4. The lowest BCUT2D eigenvalue weighted by Crippen LogP contribution is -2.48. The zero-order valence-electron chi connectivity index (χ0n) is 15.1. The second kappa shape index (κ2) is 11.5. The predicted octanol–water partition coefficient (Wildman–Crippen LogP) is 3.39. The van der Waals surface area contributed by atoms with Crippen LogP contribution in [0.4, 0.5) is 0 Å². The minimum atomic E-state index is -0.627. The van der Waals surface area contributed by atoms with Crippen molar-refractivity contribution in [3.63, 3.8) is 0 Å². The molecular weight excluding hydrogens is 384 g/mol. The molecule has 2 N–H and O–H groups in total. The summed E-state index contributed by atoms with van der Waals surface area (Å²) in [5, 5.41) is 5.95. The van der Waals surface area contributed by atoms with Gasteiger partial charge in [0.2, 0.25) is 5.91 Å². The molecule has 0 aromatic heterocycles. The molecule has 0 bridgehead atoms. The average molecular weight is 407 g/mol. The Hall–Kier alpha value is -2.18. The van der Waals surface area contributed by atoms with Crippen LogP contribution < -0.4 is 15.4 Å². The van der Waals surface area contributed by atoms with Crippen molar-refractivity contribution in [3.05, 3.63) is 65.2 Å². The Balaban J connectivity index is 1.87. The van der Waals surface area contributed by atoms with E-state index in [9.17, 15) is 9.59 Å². The van der Waals surface area contributed by atoms with Crippen LogP contribution in [0.2, 0.25) is 5.02 Å². The molecule has 0 aliphatic carbocycles. The van der Waals surface area contributed by atoms with Gasteiger partial charge in [-0.25, -0.2) is 0 Å². The molecule has 0 aliphatic rings. The smallest absolute Gasteiger partial charge is 0.253 e. The molecule has 0 radical (unpaired) electrons. The lowest BCUT2D eigenvalue weighted by molar-refractivity contribution is -0.123. The lowest BCUT2D eigenvalue weighted by Gasteiger charge is -2.18. The Morgan fingerprint density at radius 1 is 1.11 bits per heavy atom. The highest BCUT2D eigenvalue weighted by atomic mass is 35.5. The molecule has 0 fully saturated rings. The summed E-state index contributed by atoms with van der Waals surface area (Å²) in [6.07, 6.45) is 2.49. The molecule has 2 aromatic rings. The van der Waals surface area contributed by atoms with Gasteiger partial charge in [-0.15, -0.1) is 0 Å². The van der Waals surface area contributed by atoms with Crippen molar-refractivity contribution >= 4 is 35.2 Å². The van der Waals surface area contributed by atoms with Crippen LogP contribution in [0, 0.1) is 0 Å². The molecule has 0 aliphatic heterocycles. The summed E-state index contributed by atoms with van der Waals surface area (Å²) in [6.45, 7) is 0.703. The van der Waals surface area contributed by atoms with E-state index in [1.54, 1.807) is 36.0 Å². The number of rotatable bonds is 10. The zero-order chi connectivity index (χ0) is 19.5. The summed E-state index contributed by atoms with van der Waals surface area (Å²) in [4.78, 5) is 24.9. The number of amides is 2. The van der Waals surface area contributed by atoms with Crippen molar-refractivity contribution in [2.24, 2.45) is 0 Å². The minimum Gasteiger partial charge on any atom is -0.492 e. The Morgan fingerprint density at radius 3 is 2.52 bits per heavy atom. The number of carbonyl (C=O) groups is 2. The normalized spacial score (nSPS) is 11.5. The third kappa shape index (κ3) is 7.15. The fraction of sp³-hybridized carbons (Fsp3) is 0.300. The summed E-state index contributed by atoms with van der Waals surface area (Å²) in [6, 6.07) is 15.5. The summed E-state index contributed by atoms with van der Waals surface area (Å²) in [5.41, 5.74) is 0.355. The summed E-state index contributed by atoms with van der Waals surface area (Å²) < 4.78 is 5.56. The summed E-state index contributed by atoms with van der Waals surface area (Å²) in [7, 11) is 0. The van der Waals surface area contributed by atoms with E-state index >= 15 is 0 Å². The molecule has 0 saturated heterocycles. The highest BCUT2D eigenvalue weighted by Crippen LogP contribution is 2.15. The molecule has 0 unspecified atom stereocenters. The highest BCUT2D eigenvalue weighted by Gasteiger charge is 2.21. The molecule has 144 valence electrons. The van der Waals surface area contributed by atoms with Crippen LogP contribution in [0.15, 0.2) is 54.6 Å². The number of thioether (sulfide) groups is 1. The maximum Gasteiger partial charge on any atom is 0.253 e. The van der Waals surface area contributed by atoms with E-state index in [0.29, 0.717) is 30.2 Å². The Kier molecular flexibility index (Phi) is 9.01. The first kappa shape index (κ1) is 21.1. The van der Waals surface area contributed by atoms with Crippen LogP contribution in [-0.4, -0.2) is 43.0 Å². The number of nitrogens with one attached hydrogen (secondary N) is 2. The summed E-state index contributed by atoms with van der Waals surface area (Å²) in [5.74, 6) is 0.905. The van der Waals surface area contributed by atoms with Crippen molar-refractivity contribution < 1.29 is 14.3 Å². The van der Waals surface area contributed by atoms with Crippen LogP contribution in [0.3, 0.4) is 0 Å². The molecule has 7 heteroatoms. The van der Waals surface area contributed by atoms with Crippen molar-refractivity contribution in [1.82, 2.24) is 10.6 Å². The molecule has 2 aromatic carbocycles. The lowest BCUT2D eigenvalue weighted by atomic mass is 10.1. The van der Waals surface area contributed by atoms with Gasteiger partial charge in [0.05, 0.1) is 17.1 Å². The first-order valence-corrected chi connectivity index (χ1v) is 10.4. The van der Waals surface area contributed by atoms with Crippen molar-refractivity contribution in [3.8, 4) is 5.75 Å². The van der Waals surface area contributed by atoms with E-state index in [1.807, 2.05) is 36.6 Å². The van der Waals surface area contributed by atoms with Gasteiger partial charge in [-0.1, -0.05) is 41.9 Å². The van der Waals surface area contributed by atoms with Gasteiger partial charge in [0.25, 0.3) is 5.91 Å². The van der Waals surface area contributed by atoms with Gasteiger partial charge < -0.3 is 15.4 Å². The third-order valence-corrected chi connectivity index (χ3v) is 4.74. The second-order valence-electron chi connectivity index (χ2n) is 5.74. The highest BCUT2D eigenvalue weighted by molar-refractivity contribution is 7.98. The van der Waals surface area contributed by atoms with E-state index in [2.05, 4.69) is 10.6 Å². The zero-order valence-corrected chi connectivity index (χ0v) is 16.7. The number of halogens is 1. The maximum absolute atomic E-state index is 12.5. The quantitative estimate of drug-likeness (QED) is 0.593. The van der Waals surface area contributed by atoms with Crippen LogP contribution in [0.25, 0.3) is 0 Å². The van der Waals surface area contributed by atoms with Crippen LogP contribution in [-0.2, 0) is 4.79 Å². The Morgan fingerprint density at radius 2 is 1.81 bits per heavy atom. The summed E-state index contributed by atoms with van der Waals surface area (Å²) >= 11 is 7.68. The van der Waals surface area contributed by atoms with Gasteiger partial charge >= 0.3 is 0 Å². The van der Waals surface area contributed by atoms with Gasteiger partial charge in [-0.05, 0) is 42.7 Å². The van der Waals surface area contributed by atoms with Crippen molar-refractivity contribution in [2.45, 2.75) is 12.5 Å². The van der Waals surface area contributed by atoms with E-state index < -0.39 is 6.04 Å². The van der Waals surface area contributed by atoms with Gasteiger partial charge in [0.15, 0.2) is 0 Å². The second-order valence-corrected chi connectivity index (χ2v) is 7.13. The van der Waals surface area contributed by atoms with E-state index in [4.69, 9.17) is 16.3 Å². The fourth-order valence-corrected chi connectivity index (χ4v) is 3.06. The first-order valence-electron chi connectivity index (χ1n) is 8.61. The van der Waals surface area contributed by atoms with E-state index in [1.165, 1.54) is 0 Å². The molecule has 0 spiro atoms. The van der Waals surface area contributed by atoms with Gasteiger partial charge in [0.1, 0.15) is 18.4 Å². The van der Waals surface area contributed by atoms with Crippen LogP contribution in [0.5, 0.6) is 5.75 Å². The Bertz CT molecular complexity index is 743. The number of ether oxygens (including phenoxy) is 1. The monoisotopic (exact) mass is 406 g/mol. The molecule has 2 amide bonds. The predicted molar refractivity (Wildman–Crippen MR) is 111 cm³/mol. The topological polar surface area (TPSA) is 67.4 Å². The molecule has 0 heterocycles. The minimum absolute atomic E-state index is 0.235. The van der Waals surface area contributed by atoms with Gasteiger partial charge in [-0.3, -0.25) is 9.59 Å². The van der Waals surface area contributed by atoms with Crippen LogP contribution >= 0.6 is 23.4 Å². The van der Waals surface area contributed by atoms with E-state index in [0.717, 1.165) is 11.5 Å². The number of hydrogen-bond donors (Lipinski definition) is 2. The largest absolute Gasteiger partial charge is 0.492 e. The molecule has 1 atom stereocenters. The third-order valence-electron chi connectivity index (χ3n) is 3.76. The number of para-hydroxylation sites is 1. The number of carbonyl (C=O) groups excluding carboxylic acids is 2. The number of benzene rings is 2. The average Bonchev–Trinajstić information content (AvgIpc) is 2.69. The Labute approximate surface area is 168 Å². The molecular formula is C20H23ClN2O3S. The molecule has 5 nitrogen and oxygen atoms in total. The molecule has 27 heavy (non-hydrogen) atoms. The first-order chi connectivity index (χ1) is 13.1. The van der Waals surface area contributed by atoms with Crippen molar-refractivity contribution in [1.29, 1.82) is 0 Å². The standard InChI is InChI=1S/C20H23ClN2O3S/c1-27-14-11-18(23-19(24)16-9-5-6-10-17(16)21)20(25)22-12-13-26-15-7-3-2-4-8-15/h2-10,18H,11-14H2,1H3,(H,22,25)(H,23,24)/t18-/m1/s1. The van der Waals surface area contributed by atoms with E-state index in [-0.39, 0.29) is 11.8 Å². The molecule has 2 rings (SSSR count). The van der Waals surface area contributed by atoms with Gasteiger partial charge in [-0.2, -0.15) is 11.8 Å². The van der Waals surface area contributed by atoms with Gasteiger partial charge in [0, 0.05) is 0 Å². The SMILES string of the molecule is CSCC[C@@H](NC(=O)c1ccccc1Cl)C(=O)NCCOc1ccccc1. The molecule has 0 saturated carbocycles. The van der Waals surface area contributed by atoms with Crippen LogP contribution in [0.1, 0.15) is 16.8 Å². The fourth-order valence-electron chi connectivity index (χ4n) is 2.37. The maximum atomic E-state index is 12.5. The van der Waals surface area contributed by atoms with Crippen molar-refractivity contribution in [2.75, 3.05) is 25.2 Å².